The maximum Gasteiger partial charge on any atom is 0.332 e. The average molecular weight is 320 g/mol. The van der Waals surface area contributed by atoms with E-state index in [2.05, 4.69) is 41.2 Å². The molecular formula is C19H20N4O. The molecule has 122 valence electrons. The Balaban J connectivity index is 2.07. The summed E-state index contributed by atoms with van der Waals surface area (Å²) in [6.07, 6.45) is 0.609. The van der Waals surface area contributed by atoms with Crippen LogP contribution < -0.4 is 11.2 Å². The summed E-state index contributed by atoms with van der Waals surface area (Å²) in [6.45, 7) is 2.10. The van der Waals surface area contributed by atoms with Crippen LogP contribution in [0.5, 0.6) is 0 Å². The lowest BCUT2D eigenvalue weighted by Crippen LogP contribution is -2.26. The highest BCUT2D eigenvalue weighted by atomic mass is 16.2. The number of carbonyl (C=O) groups is 1. The molecule has 0 saturated carbocycles. The fraction of sp³-hybridized carbons (Fsp3) is 0.158. The standard InChI is InChI=1S/C19H20N4O/c1-13-16(15-10-6-7-11-18(15)23(13)2)12-17(21-22-19(20)24)14-8-4-3-5-9-14/h3-11H,12H2,1-2H3,(H3,20,22,24)/b21-17+. The van der Waals surface area contributed by atoms with E-state index < -0.39 is 6.03 Å². The number of aromatic nitrogens is 1. The van der Waals surface area contributed by atoms with Crippen molar-refractivity contribution in [1.82, 2.24) is 9.99 Å². The number of urea groups is 1. The minimum Gasteiger partial charge on any atom is -0.350 e. The molecule has 0 aliphatic heterocycles. The normalized spacial score (nSPS) is 11.7. The molecule has 0 bridgehead atoms. The Labute approximate surface area is 140 Å². The van der Waals surface area contributed by atoms with Gasteiger partial charge in [0, 0.05) is 30.1 Å². The lowest BCUT2D eigenvalue weighted by molar-refractivity contribution is 0.249. The Kier molecular flexibility index (Phi) is 4.33. The molecule has 0 atom stereocenters. The smallest absolute Gasteiger partial charge is 0.332 e. The molecule has 0 aliphatic carbocycles. The van der Waals surface area contributed by atoms with Gasteiger partial charge in [-0.1, -0.05) is 48.5 Å². The van der Waals surface area contributed by atoms with Crippen molar-refractivity contribution < 1.29 is 4.79 Å². The van der Waals surface area contributed by atoms with Crippen molar-refractivity contribution in [2.24, 2.45) is 17.9 Å². The number of fused-ring (bicyclic) bond motifs is 1. The summed E-state index contributed by atoms with van der Waals surface area (Å²) >= 11 is 0. The number of benzene rings is 2. The van der Waals surface area contributed by atoms with Crippen molar-refractivity contribution in [2.75, 3.05) is 0 Å². The molecule has 3 aromatic rings. The van der Waals surface area contributed by atoms with Gasteiger partial charge in [-0.15, -0.1) is 0 Å². The second-order valence-corrected chi connectivity index (χ2v) is 5.72. The SMILES string of the molecule is Cc1c(C/C(=N\NC(N)=O)c2ccccc2)c2ccccc2n1C. The summed E-state index contributed by atoms with van der Waals surface area (Å²) in [5.41, 5.74) is 12.8. The number of amides is 2. The first-order valence-corrected chi connectivity index (χ1v) is 7.78. The highest BCUT2D eigenvalue weighted by Crippen LogP contribution is 2.26. The Bertz CT molecular complexity index is 910. The van der Waals surface area contributed by atoms with E-state index in [1.807, 2.05) is 42.5 Å². The van der Waals surface area contributed by atoms with Crippen LogP contribution in [0.4, 0.5) is 4.79 Å². The third-order valence-corrected chi connectivity index (χ3v) is 4.28. The molecule has 0 unspecified atom stereocenters. The van der Waals surface area contributed by atoms with Gasteiger partial charge in [0.05, 0.1) is 5.71 Å². The lowest BCUT2D eigenvalue weighted by atomic mass is 10.00. The number of carbonyl (C=O) groups excluding carboxylic acids is 1. The van der Waals surface area contributed by atoms with Crippen LogP contribution in [0, 0.1) is 6.92 Å². The van der Waals surface area contributed by atoms with E-state index in [-0.39, 0.29) is 0 Å². The molecule has 0 aliphatic rings. The summed E-state index contributed by atoms with van der Waals surface area (Å²) in [5.74, 6) is 0. The molecule has 2 amide bonds. The van der Waals surface area contributed by atoms with Gasteiger partial charge in [0.1, 0.15) is 0 Å². The van der Waals surface area contributed by atoms with Crippen LogP contribution in [0.1, 0.15) is 16.8 Å². The first-order chi connectivity index (χ1) is 11.6. The highest BCUT2D eigenvalue weighted by Gasteiger charge is 2.15. The molecule has 5 nitrogen and oxygen atoms in total. The number of para-hydroxylation sites is 1. The molecule has 0 radical (unpaired) electrons. The van der Waals surface area contributed by atoms with Crippen LogP contribution in [0.3, 0.4) is 0 Å². The molecule has 24 heavy (non-hydrogen) atoms. The second kappa shape index (κ2) is 6.58. The third kappa shape index (κ3) is 3.01. The molecule has 0 fully saturated rings. The Morgan fingerprint density at radius 3 is 2.50 bits per heavy atom. The molecule has 0 spiro atoms. The van der Waals surface area contributed by atoms with Crippen LogP contribution >= 0.6 is 0 Å². The van der Waals surface area contributed by atoms with E-state index >= 15 is 0 Å². The number of aryl methyl sites for hydroxylation is 1. The van der Waals surface area contributed by atoms with Crippen LogP contribution in [0.25, 0.3) is 10.9 Å². The van der Waals surface area contributed by atoms with Crippen LogP contribution in [0.15, 0.2) is 59.7 Å². The summed E-state index contributed by atoms with van der Waals surface area (Å²) in [4.78, 5) is 11.1. The number of rotatable bonds is 4. The predicted octanol–water partition coefficient (Wildman–Crippen LogP) is 3.10. The summed E-state index contributed by atoms with van der Waals surface area (Å²) in [7, 11) is 2.06. The van der Waals surface area contributed by atoms with E-state index in [9.17, 15) is 4.79 Å². The van der Waals surface area contributed by atoms with Crippen LogP contribution in [0.2, 0.25) is 0 Å². The van der Waals surface area contributed by atoms with E-state index in [4.69, 9.17) is 5.73 Å². The van der Waals surface area contributed by atoms with Gasteiger partial charge in [0.25, 0.3) is 0 Å². The molecule has 2 aromatic carbocycles. The van der Waals surface area contributed by atoms with E-state index in [0.717, 1.165) is 11.3 Å². The topological polar surface area (TPSA) is 72.4 Å². The molecule has 3 N–H and O–H groups in total. The maximum absolute atomic E-state index is 11.1. The summed E-state index contributed by atoms with van der Waals surface area (Å²) < 4.78 is 2.18. The summed E-state index contributed by atoms with van der Waals surface area (Å²) in [5, 5.41) is 5.42. The lowest BCUT2D eigenvalue weighted by Gasteiger charge is -2.08. The van der Waals surface area contributed by atoms with Gasteiger partial charge >= 0.3 is 6.03 Å². The minimum absolute atomic E-state index is 0.609. The maximum atomic E-state index is 11.1. The number of hydrogen-bond acceptors (Lipinski definition) is 2. The van der Waals surface area contributed by atoms with Gasteiger partial charge < -0.3 is 10.3 Å². The minimum atomic E-state index is -0.668. The first kappa shape index (κ1) is 15.8. The monoisotopic (exact) mass is 320 g/mol. The van der Waals surface area contributed by atoms with E-state index in [1.54, 1.807) is 0 Å². The van der Waals surface area contributed by atoms with E-state index in [0.29, 0.717) is 6.42 Å². The number of nitrogens with two attached hydrogens (primary N) is 1. The Hall–Kier alpha value is -3.08. The zero-order valence-electron chi connectivity index (χ0n) is 13.8. The number of nitrogens with one attached hydrogen (secondary N) is 1. The molecule has 1 aromatic heterocycles. The summed E-state index contributed by atoms with van der Waals surface area (Å²) in [6, 6.07) is 17.4. The number of hydrogen-bond donors (Lipinski definition) is 2. The molecule has 0 saturated heterocycles. The molecular weight excluding hydrogens is 300 g/mol. The quantitative estimate of drug-likeness (QED) is 0.563. The van der Waals surface area contributed by atoms with Crippen molar-refractivity contribution >= 4 is 22.6 Å². The highest BCUT2D eigenvalue weighted by molar-refractivity contribution is 6.04. The molecule has 1 heterocycles. The zero-order chi connectivity index (χ0) is 17.1. The van der Waals surface area contributed by atoms with Gasteiger partial charge in [-0.05, 0) is 24.1 Å². The van der Waals surface area contributed by atoms with Gasteiger partial charge in [0.15, 0.2) is 0 Å². The van der Waals surface area contributed by atoms with Gasteiger partial charge in [-0.25, -0.2) is 10.2 Å². The van der Waals surface area contributed by atoms with Gasteiger partial charge in [-0.2, -0.15) is 5.10 Å². The predicted molar refractivity (Wildman–Crippen MR) is 97.1 cm³/mol. The number of hydrazone groups is 1. The van der Waals surface area contributed by atoms with Crippen molar-refractivity contribution in [2.45, 2.75) is 13.3 Å². The second-order valence-electron chi connectivity index (χ2n) is 5.72. The molecule has 3 rings (SSSR count). The number of primary amides is 1. The Morgan fingerprint density at radius 1 is 1.12 bits per heavy atom. The average Bonchev–Trinajstić information content (AvgIpc) is 2.84. The van der Waals surface area contributed by atoms with Crippen molar-refractivity contribution in [3.05, 3.63) is 71.4 Å². The fourth-order valence-electron chi connectivity index (χ4n) is 2.95. The number of nitrogens with zero attached hydrogens (tertiary/aromatic N) is 2. The largest absolute Gasteiger partial charge is 0.350 e. The van der Waals surface area contributed by atoms with Gasteiger partial charge in [0.2, 0.25) is 0 Å². The fourth-order valence-corrected chi connectivity index (χ4v) is 2.95. The van der Waals surface area contributed by atoms with Crippen LogP contribution in [-0.2, 0) is 13.5 Å². The van der Waals surface area contributed by atoms with Crippen molar-refractivity contribution in [3.8, 4) is 0 Å². The van der Waals surface area contributed by atoms with Crippen molar-refractivity contribution in [3.63, 3.8) is 0 Å². The van der Waals surface area contributed by atoms with Crippen molar-refractivity contribution in [1.29, 1.82) is 0 Å². The van der Waals surface area contributed by atoms with Gasteiger partial charge in [-0.3, -0.25) is 0 Å². The first-order valence-electron chi connectivity index (χ1n) is 7.78. The van der Waals surface area contributed by atoms with E-state index in [1.165, 1.54) is 22.2 Å². The zero-order valence-corrected chi connectivity index (χ0v) is 13.8. The molecule has 5 heteroatoms. The van der Waals surface area contributed by atoms with Crippen LogP contribution in [-0.4, -0.2) is 16.3 Å². The Morgan fingerprint density at radius 2 is 1.79 bits per heavy atom. The third-order valence-electron chi connectivity index (χ3n) is 4.28.